The predicted octanol–water partition coefficient (Wildman–Crippen LogP) is 1.34. The lowest BCUT2D eigenvalue weighted by Gasteiger charge is -2.39. The van der Waals surface area contributed by atoms with Gasteiger partial charge in [0, 0.05) is 24.9 Å². The zero-order valence-electron chi connectivity index (χ0n) is 12.0. The first-order chi connectivity index (χ1) is 9.41. The zero-order valence-corrected chi connectivity index (χ0v) is 12.9. The highest BCUT2D eigenvalue weighted by Crippen LogP contribution is 2.21. The van der Waals surface area contributed by atoms with Gasteiger partial charge in [0.2, 0.25) is 0 Å². The van der Waals surface area contributed by atoms with Gasteiger partial charge in [-0.15, -0.1) is 0 Å². The number of anilines is 1. The van der Waals surface area contributed by atoms with Crippen molar-refractivity contribution in [2.24, 2.45) is 0 Å². The lowest BCUT2D eigenvalue weighted by atomic mass is 10.1. The smallest absolute Gasteiger partial charge is 0.269 e. The van der Waals surface area contributed by atoms with Gasteiger partial charge < -0.3 is 9.64 Å². The Morgan fingerprint density at radius 2 is 2.35 bits per heavy atom. The molecule has 1 aromatic rings. The summed E-state index contributed by atoms with van der Waals surface area (Å²) in [6.07, 6.45) is 1.73. The standard InChI is InChI=1S/C14H21N3O2S/c1-11(9-20)8-17-13(18)6-12(7-15-17)16-4-5-19-14(2,3)10-16/h6-7,20H,1,4-5,8-10H2,2-3H3. The number of morpholine rings is 1. The molecule has 0 amide bonds. The van der Waals surface area contributed by atoms with E-state index in [2.05, 4.69) is 29.2 Å². The highest BCUT2D eigenvalue weighted by Gasteiger charge is 2.27. The minimum Gasteiger partial charge on any atom is -0.372 e. The van der Waals surface area contributed by atoms with Crippen LogP contribution in [0.3, 0.4) is 0 Å². The Balaban J connectivity index is 2.16. The third kappa shape index (κ3) is 3.64. The largest absolute Gasteiger partial charge is 0.372 e. The van der Waals surface area contributed by atoms with Crippen molar-refractivity contribution < 1.29 is 4.74 Å². The average Bonchev–Trinajstić information content (AvgIpc) is 2.39. The van der Waals surface area contributed by atoms with Crippen LogP contribution in [0, 0.1) is 0 Å². The average molecular weight is 295 g/mol. The van der Waals surface area contributed by atoms with Crippen molar-refractivity contribution in [3.05, 3.63) is 34.8 Å². The van der Waals surface area contributed by atoms with Crippen molar-refractivity contribution in [2.75, 3.05) is 30.3 Å². The summed E-state index contributed by atoms with van der Waals surface area (Å²) in [5, 5.41) is 4.22. The van der Waals surface area contributed by atoms with Gasteiger partial charge in [0.25, 0.3) is 5.56 Å². The second-order valence-corrected chi connectivity index (χ2v) is 5.96. The minimum absolute atomic E-state index is 0.116. The molecule has 0 atom stereocenters. The summed E-state index contributed by atoms with van der Waals surface area (Å²) in [5.41, 5.74) is 1.39. The van der Waals surface area contributed by atoms with Crippen LogP contribution in [0.1, 0.15) is 13.8 Å². The van der Waals surface area contributed by atoms with E-state index in [1.165, 1.54) is 4.68 Å². The van der Waals surface area contributed by atoms with Gasteiger partial charge >= 0.3 is 0 Å². The fourth-order valence-corrected chi connectivity index (χ4v) is 2.31. The molecule has 0 saturated carbocycles. The van der Waals surface area contributed by atoms with Crippen molar-refractivity contribution in [3.8, 4) is 0 Å². The van der Waals surface area contributed by atoms with Gasteiger partial charge in [-0.05, 0) is 19.4 Å². The summed E-state index contributed by atoms with van der Waals surface area (Å²) >= 11 is 4.14. The molecule has 0 bridgehead atoms. The first-order valence-corrected chi connectivity index (χ1v) is 7.28. The van der Waals surface area contributed by atoms with Gasteiger partial charge in [0.1, 0.15) is 0 Å². The van der Waals surface area contributed by atoms with Crippen LogP contribution in [0.15, 0.2) is 29.2 Å². The van der Waals surface area contributed by atoms with Crippen molar-refractivity contribution in [3.63, 3.8) is 0 Å². The molecular weight excluding hydrogens is 274 g/mol. The molecule has 0 unspecified atom stereocenters. The Hall–Kier alpha value is -1.27. The normalized spacial score (nSPS) is 18.1. The van der Waals surface area contributed by atoms with Crippen LogP contribution in [0.25, 0.3) is 0 Å². The van der Waals surface area contributed by atoms with E-state index in [1.54, 1.807) is 12.3 Å². The number of aromatic nitrogens is 2. The lowest BCUT2D eigenvalue weighted by Crippen LogP contribution is -2.48. The molecule has 20 heavy (non-hydrogen) atoms. The van der Waals surface area contributed by atoms with Crippen LogP contribution in [0.5, 0.6) is 0 Å². The van der Waals surface area contributed by atoms with E-state index in [1.807, 2.05) is 13.8 Å². The number of hydrogen-bond acceptors (Lipinski definition) is 5. The number of hydrogen-bond donors (Lipinski definition) is 1. The number of thiol groups is 1. The fourth-order valence-electron chi connectivity index (χ4n) is 2.21. The summed E-state index contributed by atoms with van der Waals surface area (Å²) in [6.45, 7) is 10.5. The Bertz CT molecular complexity index is 554. The molecule has 5 nitrogen and oxygen atoms in total. The van der Waals surface area contributed by atoms with Gasteiger partial charge in [-0.25, -0.2) is 4.68 Å². The molecule has 0 spiro atoms. The predicted molar refractivity (Wildman–Crippen MR) is 83.7 cm³/mol. The van der Waals surface area contributed by atoms with Crippen LogP contribution in [0.4, 0.5) is 5.69 Å². The van der Waals surface area contributed by atoms with Gasteiger partial charge in [0.15, 0.2) is 0 Å². The van der Waals surface area contributed by atoms with E-state index in [0.29, 0.717) is 18.9 Å². The zero-order chi connectivity index (χ0) is 14.8. The molecule has 1 aliphatic heterocycles. The fraction of sp³-hybridized carbons (Fsp3) is 0.571. The molecule has 1 aromatic heterocycles. The SMILES string of the molecule is C=C(CS)Cn1ncc(N2CCOC(C)(C)C2)cc1=O. The van der Waals surface area contributed by atoms with Crippen LogP contribution in [-0.2, 0) is 11.3 Å². The van der Waals surface area contributed by atoms with Crippen LogP contribution in [0.2, 0.25) is 0 Å². The van der Waals surface area contributed by atoms with Crippen molar-refractivity contribution in [1.82, 2.24) is 9.78 Å². The topological polar surface area (TPSA) is 47.4 Å². The monoisotopic (exact) mass is 295 g/mol. The highest BCUT2D eigenvalue weighted by molar-refractivity contribution is 7.80. The summed E-state index contributed by atoms with van der Waals surface area (Å²) < 4.78 is 7.08. The van der Waals surface area contributed by atoms with E-state index in [9.17, 15) is 4.79 Å². The molecule has 6 heteroatoms. The maximum atomic E-state index is 12.1. The third-order valence-corrected chi connectivity index (χ3v) is 3.69. The molecule has 0 aromatic carbocycles. The van der Waals surface area contributed by atoms with Crippen LogP contribution in [-0.4, -0.2) is 40.8 Å². The van der Waals surface area contributed by atoms with E-state index in [-0.39, 0.29) is 11.2 Å². The summed E-state index contributed by atoms with van der Waals surface area (Å²) in [4.78, 5) is 14.2. The Kier molecular flexibility index (Phi) is 4.55. The first kappa shape index (κ1) is 15.1. The number of nitrogens with zero attached hydrogens (tertiary/aromatic N) is 3. The van der Waals surface area contributed by atoms with Crippen LogP contribution >= 0.6 is 12.6 Å². The summed E-state index contributed by atoms with van der Waals surface area (Å²) in [7, 11) is 0. The van der Waals surface area contributed by atoms with Crippen LogP contribution < -0.4 is 10.5 Å². The molecule has 0 aliphatic carbocycles. The van der Waals surface area contributed by atoms with E-state index in [4.69, 9.17) is 4.74 Å². The number of ether oxygens (including phenoxy) is 1. The van der Waals surface area contributed by atoms with E-state index in [0.717, 1.165) is 24.4 Å². The van der Waals surface area contributed by atoms with Crippen molar-refractivity contribution in [2.45, 2.75) is 26.0 Å². The molecule has 110 valence electrons. The second-order valence-electron chi connectivity index (χ2n) is 5.65. The molecule has 1 aliphatic rings. The Morgan fingerprint density at radius 1 is 1.60 bits per heavy atom. The second kappa shape index (κ2) is 6.01. The maximum Gasteiger partial charge on any atom is 0.269 e. The molecular formula is C14H21N3O2S. The molecule has 0 radical (unpaired) electrons. The van der Waals surface area contributed by atoms with Gasteiger partial charge in [-0.3, -0.25) is 4.79 Å². The Morgan fingerprint density at radius 3 is 2.95 bits per heavy atom. The number of rotatable bonds is 4. The summed E-state index contributed by atoms with van der Waals surface area (Å²) in [6, 6.07) is 1.63. The Labute approximate surface area is 124 Å². The van der Waals surface area contributed by atoms with Gasteiger partial charge in [0.05, 0.1) is 30.6 Å². The maximum absolute atomic E-state index is 12.1. The van der Waals surface area contributed by atoms with Crippen molar-refractivity contribution in [1.29, 1.82) is 0 Å². The third-order valence-electron chi connectivity index (χ3n) is 3.24. The first-order valence-electron chi connectivity index (χ1n) is 6.65. The van der Waals surface area contributed by atoms with E-state index < -0.39 is 0 Å². The molecule has 2 rings (SSSR count). The summed E-state index contributed by atoms with van der Waals surface area (Å²) in [5.74, 6) is 0.549. The van der Waals surface area contributed by atoms with Gasteiger partial charge in [-0.1, -0.05) is 6.58 Å². The lowest BCUT2D eigenvalue weighted by molar-refractivity contribution is -0.0277. The molecule has 2 heterocycles. The molecule has 1 saturated heterocycles. The quantitative estimate of drug-likeness (QED) is 0.673. The minimum atomic E-state index is -0.201. The van der Waals surface area contributed by atoms with Crippen molar-refractivity contribution >= 4 is 18.3 Å². The van der Waals surface area contributed by atoms with Gasteiger partial charge in [-0.2, -0.15) is 17.7 Å². The van der Waals surface area contributed by atoms with E-state index >= 15 is 0 Å². The highest BCUT2D eigenvalue weighted by atomic mass is 32.1. The molecule has 0 N–H and O–H groups in total. The molecule has 1 fully saturated rings.